The first kappa shape index (κ1) is 22.3. The summed E-state index contributed by atoms with van der Waals surface area (Å²) in [6.45, 7) is 10.3. The molecule has 0 atom stereocenters. The molecule has 5 rings (SSSR count). The molecule has 4 heterocycles. The van der Waals surface area contributed by atoms with Crippen molar-refractivity contribution in [1.82, 2.24) is 25.1 Å². The zero-order valence-electron chi connectivity index (χ0n) is 20.2. The minimum Gasteiger partial charge on any atom is -0.402 e. The quantitative estimate of drug-likeness (QED) is 0.246. The maximum atomic E-state index is 6.07. The summed E-state index contributed by atoms with van der Waals surface area (Å²) < 4.78 is 0. The molecule has 35 heavy (non-hydrogen) atoms. The largest absolute Gasteiger partial charge is 0.402 e. The molecule has 1 aromatic carbocycles. The highest BCUT2D eigenvalue weighted by Gasteiger charge is 2.16. The summed E-state index contributed by atoms with van der Waals surface area (Å²) in [5, 5.41) is 9.94. The van der Waals surface area contributed by atoms with Crippen LogP contribution in [0.5, 0.6) is 0 Å². The van der Waals surface area contributed by atoms with Crippen LogP contribution in [0.1, 0.15) is 31.4 Å². The van der Waals surface area contributed by atoms with Crippen LogP contribution in [0.4, 0.5) is 0 Å². The van der Waals surface area contributed by atoms with Crippen LogP contribution in [0.2, 0.25) is 0 Å². The number of benzene rings is 1. The Labute approximate surface area is 204 Å². The average Bonchev–Trinajstić information content (AvgIpc) is 3.46. The van der Waals surface area contributed by atoms with Crippen molar-refractivity contribution in [3.05, 3.63) is 96.1 Å². The fraction of sp³-hybridized carbons (Fsp3) is 0.138. The van der Waals surface area contributed by atoms with Crippen LogP contribution >= 0.6 is 0 Å². The minimum absolute atomic E-state index is 0.748. The van der Waals surface area contributed by atoms with Gasteiger partial charge in [0.2, 0.25) is 0 Å². The first-order valence-electron chi connectivity index (χ1n) is 11.7. The van der Waals surface area contributed by atoms with Crippen LogP contribution in [-0.4, -0.2) is 25.1 Å². The predicted octanol–water partition coefficient (Wildman–Crippen LogP) is 6.69. The Morgan fingerprint density at radius 2 is 1.89 bits per heavy atom. The maximum Gasteiger partial charge on any atom is 0.116 e. The summed E-state index contributed by atoms with van der Waals surface area (Å²) >= 11 is 0. The van der Waals surface area contributed by atoms with Gasteiger partial charge in [0.1, 0.15) is 5.69 Å². The molecule has 6 nitrogen and oxygen atoms in total. The zero-order valence-corrected chi connectivity index (χ0v) is 20.2. The summed E-state index contributed by atoms with van der Waals surface area (Å²) in [5.74, 6) is 0. The Hall–Kier alpha value is -4.45. The van der Waals surface area contributed by atoms with E-state index < -0.39 is 0 Å². The van der Waals surface area contributed by atoms with Crippen LogP contribution in [0.25, 0.3) is 50.0 Å². The fourth-order valence-corrected chi connectivity index (χ4v) is 4.37. The van der Waals surface area contributed by atoms with Gasteiger partial charge in [0.25, 0.3) is 0 Å². The predicted molar refractivity (Wildman–Crippen MR) is 145 cm³/mol. The zero-order chi connectivity index (χ0) is 24.5. The molecular formula is C29H28N6. The van der Waals surface area contributed by atoms with E-state index in [-0.39, 0.29) is 0 Å². The van der Waals surface area contributed by atoms with Gasteiger partial charge in [-0.3, -0.25) is 15.1 Å². The number of rotatable bonds is 6. The van der Waals surface area contributed by atoms with Gasteiger partial charge in [-0.05, 0) is 79.4 Å². The second kappa shape index (κ2) is 9.06. The van der Waals surface area contributed by atoms with Crippen molar-refractivity contribution >= 4 is 27.4 Å². The number of pyridine rings is 2. The van der Waals surface area contributed by atoms with E-state index in [1.807, 2.05) is 43.6 Å². The van der Waals surface area contributed by atoms with E-state index in [1.165, 1.54) is 0 Å². The third-order valence-electron chi connectivity index (χ3n) is 6.15. The van der Waals surface area contributed by atoms with Crippen molar-refractivity contribution in [2.75, 3.05) is 0 Å². The lowest BCUT2D eigenvalue weighted by atomic mass is 9.95. The van der Waals surface area contributed by atoms with E-state index in [2.05, 4.69) is 69.9 Å². The summed E-state index contributed by atoms with van der Waals surface area (Å²) in [6.07, 6.45) is 10.4. The lowest BCUT2D eigenvalue weighted by molar-refractivity contribution is 1.12. The third-order valence-corrected chi connectivity index (χ3v) is 6.15. The van der Waals surface area contributed by atoms with E-state index in [4.69, 9.17) is 5.73 Å². The molecule has 0 aliphatic carbocycles. The molecule has 0 aliphatic heterocycles. The monoisotopic (exact) mass is 460 g/mol. The smallest absolute Gasteiger partial charge is 0.116 e. The normalized spacial score (nSPS) is 12.5. The molecule has 0 unspecified atom stereocenters. The summed E-state index contributed by atoms with van der Waals surface area (Å²) in [6, 6.07) is 12.3. The average molecular weight is 461 g/mol. The van der Waals surface area contributed by atoms with Gasteiger partial charge < -0.3 is 10.7 Å². The lowest BCUT2D eigenvalue weighted by Crippen LogP contribution is -1.94. The van der Waals surface area contributed by atoms with E-state index in [0.717, 1.165) is 78.8 Å². The lowest BCUT2D eigenvalue weighted by Gasteiger charge is -2.10. The highest BCUT2D eigenvalue weighted by Crippen LogP contribution is 2.35. The van der Waals surface area contributed by atoms with Crippen molar-refractivity contribution in [1.29, 1.82) is 0 Å². The number of H-pyrrole nitrogens is 2. The van der Waals surface area contributed by atoms with Gasteiger partial charge in [0.05, 0.1) is 16.9 Å². The number of nitrogens with zero attached hydrogens (tertiary/aromatic N) is 3. The molecule has 0 aliphatic rings. The minimum atomic E-state index is 0.748. The molecule has 0 bridgehead atoms. The van der Waals surface area contributed by atoms with Gasteiger partial charge in [-0.15, -0.1) is 0 Å². The van der Waals surface area contributed by atoms with Gasteiger partial charge in [-0.25, -0.2) is 0 Å². The topological polar surface area (TPSA) is 96.3 Å². The van der Waals surface area contributed by atoms with Crippen molar-refractivity contribution in [3.8, 4) is 22.6 Å². The Balaban J connectivity index is 1.68. The number of nitrogens with one attached hydrogen (secondary N) is 2. The van der Waals surface area contributed by atoms with E-state index in [9.17, 15) is 0 Å². The molecule has 0 radical (unpaired) electrons. The molecule has 0 fully saturated rings. The summed E-state index contributed by atoms with van der Waals surface area (Å²) in [7, 11) is 0. The van der Waals surface area contributed by atoms with Gasteiger partial charge >= 0.3 is 0 Å². The molecule has 174 valence electrons. The van der Waals surface area contributed by atoms with Gasteiger partial charge in [-0.2, -0.15) is 5.10 Å². The Morgan fingerprint density at radius 3 is 2.63 bits per heavy atom. The van der Waals surface area contributed by atoms with Crippen LogP contribution in [0, 0.1) is 6.92 Å². The number of allylic oxidation sites excluding steroid dienone is 5. The van der Waals surface area contributed by atoms with Crippen LogP contribution in [-0.2, 0) is 0 Å². The molecule has 0 saturated carbocycles. The number of fused-ring (bicyclic) bond motifs is 2. The van der Waals surface area contributed by atoms with E-state index in [0.29, 0.717) is 0 Å². The van der Waals surface area contributed by atoms with Crippen molar-refractivity contribution in [2.24, 2.45) is 5.73 Å². The van der Waals surface area contributed by atoms with E-state index >= 15 is 0 Å². The van der Waals surface area contributed by atoms with Crippen LogP contribution in [0.15, 0.2) is 85.0 Å². The Kier molecular flexibility index (Phi) is 5.79. The highest BCUT2D eigenvalue weighted by atomic mass is 15.1. The Morgan fingerprint density at radius 1 is 1.06 bits per heavy atom. The fourth-order valence-electron chi connectivity index (χ4n) is 4.37. The van der Waals surface area contributed by atoms with Crippen molar-refractivity contribution < 1.29 is 0 Å². The number of aromatic amines is 2. The number of nitrogens with two attached hydrogens (primary N) is 1. The number of hydrogen-bond donors (Lipinski definition) is 3. The summed E-state index contributed by atoms with van der Waals surface area (Å²) in [4.78, 5) is 12.4. The number of hydrogen-bond acceptors (Lipinski definition) is 4. The molecule has 0 saturated heterocycles. The van der Waals surface area contributed by atoms with Gasteiger partial charge in [0.15, 0.2) is 0 Å². The van der Waals surface area contributed by atoms with Crippen molar-refractivity contribution in [2.45, 2.75) is 27.2 Å². The van der Waals surface area contributed by atoms with Crippen LogP contribution in [0.3, 0.4) is 0 Å². The molecule has 4 aromatic heterocycles. The number of aromatic nitrogens is 5. The molecule has 5 aromatic rings. The van der Waals surface area contributed by atoms with E-state index in [1.54, 1.807) is 6.20 Å². The first-order valence-corrected chi connectivity index (χ1v) is 11.7. The van der Waals surface area contributed by atoms with Gasteiger partial charge in [-0.1, -0.05) is 25.2 Å². The molecular weight excluding hydrogens is 432 g/mol. The SMILES string of the molecule is C=C(/C=C(\C=C(/C)N)c1cc2c(-c3cc4c(-c5cccnc5)nccc4[nH]3)n[nH]c2cc1C)CC. The third kappa shape index (κ3) is 4.26. The molecule has 0 amide bonds. The van der Waals surface area contributed by atoms with Gasteiger partial charge in [0, 0.05) is 46.1 Å². The second-order valence-electron chi connectivity index (χ2n) is 8.83. The molecule has 0 spiro atoms. The summed E-state index contributed by atoms with van der Waals surface area (Å²) in [5.41, 5.74) is 16.8. The molecule has 6 heteroatoms. The first-order chi connectivity index (χ1) is 16.9. The Bertz CT molecular complexity index is 1610. The molecule has 4 N–H and O–H groups in total. The maximum absolute atomic E-state index is 6.07. The van der Waals surface area contributed by atoms with Crippen LogP contribution < -0.4 is 5.73 Å². The van der Waals surface area contributed by atoms with Crippen molar-refractivity contribution in [3.63, 3.8) is 0 Å². The number of aryl methyl sites for hydroxylation is 1. The highest BCUT2D eigenvalue weighted by molar-refractivity contribution is 6.01. The standard InChI is InChI=1S/C29H28N6/c1-5-17(2)11-21(13-19(4)30)22-14-23-26(12-18(22)3)34-35-29(23)27-15-24-25(33-27)8-10-32-28(24)20-7-6-9-31-16-20/h6-16,33H,2,5,30H2,1,3-4H3,(H,34,35)/b19-13+,21-11+. The second-order valence-corrected chi connectivity index (χ2v) is 8.83.